The average molecular weight is 212 g/mol. The molecule has 1 unspecified atom stereocenters. The molecule has 0 amide bonds. The molecule has 1 atom stereocenters. The Morgan fingerprint density at radius 2 is 2.29 bits per heavy atom. The zero-order valence-corrected chi connectivity index (χ0v) is 8.18. The summed E-state index contributed by atoms with van der Waals surface area (Å²) < 4.78 is 28.6. The molecule has 3 nitrogen and oxygen atoms in total. The smallest absolute Gasteiger partial charge is 0.144 e. The van der Waals surface area contributed by atoms with Crippen molar-refractivity contribution >= 4 is 21.4 Å². The molecule has 0 saturated carbocycles. The molecule has 5 heteroatoms. The fourth-order valence-corrected chi connectivity index (χ4v) is 2.72. The highest BCUT2D eigenvalue weighted by Gasteiger charge is 2.20. The molecule has 0 aromatic heterocycles. The number of benzene rings is 1. The van der Waals surface area contributed by atoms with Gasteiger partial charge in [0.15, 0.2) is 0 Å². The van der Waals surface area contributed by atoms with E-state index in [1.807, 2.05) is 0 Å². The number of nitrogens with two attached hydrogens (primary N) is 1. The Kier molecular flexibility index (Phi) is 1.85. The van der Waals surface area contributed by atoms with Crippen LogP contribution in [0, 0.1) is 5.82 Å². The van der Waals surface area contributed by atoms with Gasteiger partial charge in [0.1, 0.15) is 11.7 Å². The Hall–Kier alpha value is -1.36. The number of amidine groups is 1. The first kappa shape index (κ1) is 9.21. The molecule has 2 rings (SSSR count). The van der Waals surface area contributed by atoms with Gasteiger partial charge in [0, 0.05) is 0 Å². The minimum absolute atomic E-state index is 0.0237. The van der Waals surface area contributed by atoms with E-state index in [0.29, 0.717) is 5.56 Å². The lowest BCUT2D eigenvalue weighted by Crippen LogP contribution is -2.25. The molecular weight excluding hydrogens is 203 g/mol. The van der Waals surface area contributed by atoms with E-state index >= 15 is 0 Å². The summed E-state index contributed by atoms with van der Waals surface area (Å²) in [7, 11) is -2.57. The van der Waals surface area contributed by atoms with Crippen LogP contribution in [-0.4, -0.2) is 15.9 Å². The summed E-state index contributed by atoms with van der Waals surface area (Å²) in [5.41, 5.74) is 6.38. The van der Waals surface area contributed by atoms with Crippen molar-refractivity contribution in [1.29, 1.82) is 0 Å². The number of halogens is 1. The predicted molar refractivity (Wildman–Crippen MR) is 56.1 cm³/mol. The number of hydrogen-bond donors (Lipinski definition) is 1. The van der Waals surface area contributed by atoms with Crippen molar-refractivity contribution in [2.24, 2.45) is 10.1 Å². The Balaban J connectivity index is 2.74. The maximum absolute atomic E-state index is 13.3. The first-order valence-corrected chi connectivity index (χ1v) is 5.83. The van der Waals surface area contributed by atoms with Crippen molar-refractivity contribution in [3.63, 3.8) is 0 Å². The molecule has 0 radical (unpaired) electrons. The summed E-state index contributed by atoms with van der Waals surface area (Å²) in [6.45, 7) is 0. The van der Waals surface area contributed by atoms with Crippen LogP contribution in [0.3, 0.4) is 0 Å². The maximum atomic E-state index is 13.3. The van der Waals surface area contributed by atoms with Crippen LogP contribution in [0.5, 0.6) is 0 Å². The van der Waals surface area contributed by atoms with Gasteiger partial charge in [-0.05, 0) is 17.5 Å². The molecule has 0 spiro atoms. The lowest BCUT2D eigenvalue weighted by Gasteiger charge is -2.16. The van der Waals surface area contributed by atoms with E-state index in [0.717, 1.165) is 0 Å². The average Bonchev–Trinajstić information content (AvgIpc) is 2.00. The topological polar surface area (TPSA) is 55.5 Å². The van der Waals surface area contributed by atoms with Crippen LogP contribution in [0.4, 0.5) is 4.39 Å². The third-order valence-corrected chi connectivity index (χ3v) is 3.29. The largest absolute Gasteiger partial charge is 0.383 e. The van der Waals surface area contributed by atoms with Crippen LogP contribution in [0.1, 0.15) is 11.1 Å². The van der Waals surface area contributed by atoms with Crippen molar-refractivity contribution in [3.8, 4) is 0 Å². The van der Waals surface area contributed by atoms with E-state index in [2.05, 4.69) is 10.3 Å². The molecular formula is C9H9FN2OS. The molecule has 1 aromatic rings. The van der Waals surface area contributed by atoms with Gasteiger partial charge in [0.2, 0.25) is 0 Å². The molecule has 2 N–H and O–H groups in total. The molecule has 0 aliphatic carbocycles. The highest BCUT2D eigenvalue weighted by molar-refractivity contribution is 7.98. The minimum atomic E-state index is -2.57. The summed E-state index contributed by atoms with van der Waals surface area (Å²) in [6.07, 6.45) is 0. The Morgan fingerprint density at radius 3 is 3.00 bits per heavy atom. The van der Waals surface area contributed by atoms with Crippen molar-refractivity contribution < 1.29 is 8.60 Å². The predicted octanol–water partition coefficient (Wildman–Crippen LogP) is 0.676. The van der Waals surface area contributed by atoms with Crippen molar-refractivity contribution in [1.82, 2.24) is 0 Å². The fraction of sp³-hybridized carbons (Fsp3) is 0.111. The van der Waals surface area contributed by atoms with Crippen LogP contribution < -0.4 is 5.73 Å². The van der Waals surface area contributed by atoms with Gasteiger partial charge in [0.05, 0.1) is 21.0 Å². The van der Waals surface area contributed by atoms with Crippen molar-refractivity contribution in [2.75, 3.05) is 0 Å². The molecule has 0 fully saturated rings. The van der Waals surface area contributed by atoms with Gasteiger partial charge in [0.25, 0.3) is 0 Å². The van der Waals surface area contributed by atoms with Crippen LogP contribution in [0.15, 0.2) is 22.6 Å². The Labute approximate surface area is 81.6 Å². The number of rotatable bonds is 0. The first-order chi connectivity index (χ1) is 6.49. The zero-order chi connectivity index (χ0) is 10.3. The number of fused-ring (bicyclic) bond motifs is 1. The van der Waals surface area contributed by atoms with Gasteiger partial charge in [-0.2, -0.15) is 4.40 Å². The summed E-state index contributed by atoms with van der Waals surface area (Å²) in [6, 6.07) is 4.55. The Morgan fingerprint density at radius 1 is 1.57 bits per heavy atom. The van der Waals surface area contributed by atoms with Gasteiger partial charge in [-0.1, -0.05) is 12.1 Å². The molecule has 1 heterocycles. The zero-order valence-electron chi connectivity index (χ0n) is 7.37. The van der Waals surface area contributed by atoms with Gasteiger partial charge < -0.3 is 5.73 Å². The fourth-order valence-electron chi connectivity index (χ4n) is 1.48. The van der Waals surface area contributed by atoms with Crippen LogP contribution in [0.2, 0.25) is 0 Å². The van der Waals surface area contributed by atoms with Crippen LogP contribution in [0.25, 0.3) is 0 Å². The molecule has 1 aromatic carbocycles. The first-order valence-electron chi connectivity index (χ1n) is 3.98. The lowest BCUT2D eigenvalue weighted by molar-refractivity contribution is 0.623. The van der Waals surface area contributed by atoms with E-state index < -0.39 is 15.5 Å². The third kappa shape index (κ3) is 1.39. The summed E-state index contributed by atoms with van der Waals surface area (Å²) >= 11 is 0. The molecule has 14 heavy (non-hydrogen) atoms. The molecule has 74 valence electrons. The van der Waals surface area contributed by atoms with E-state index in [1.54, 1.807) is 12.1 Å². The minimum Gasteiger partial charge on any atom is -0.383 e. The third-order valence-electron chi connectivity index (χ3n) is 2.00. The highest BCUT2D eigenvalue weighted by atomic mass is 32.2. The standard InChI is InChI=1S/C9H9FN2OS/c1-14(13)5-6-3-2-4-7(10)8(6)9(11)12-14/h2-4H,1,5H2,(H2,11,12,13). The normalized spacial score (nSPS) is 25.4. The van der Waals surface area contributed by atoms with Crippen molar-refractivity contribution in [3.05, 3.63) is 35.1 Å². The van der Waals surface area contributed by atoms with Crippen molar-refractivity contribution in [2.45, 2.75) is 5.75 Å². The second-order valence-electron chi connectivity index (χ2n) is 3.17. The molecule has 1 aliphatic rings. The van der Waals surface area contributed by atoms with Crippen LogP contribution >= 0.6 is 0 Å². The second-order valence-corrected chi connectivity index (χ2v) is 5.18. The SMILES string of the molecule is C=S1(=O)Cc2cccc(F)c2C(N)=N1. The maximum Gasteiger partial charge on any atom is 0.144 e. The monoisotopic (exact) mass is 212 g/mol. The second kappa shape index (κ2) is 2.81. The lowest BCUT2D eigenvalue weighted by atomic mass is 10.1. The van der Waals surface area contributed by atoms with Crippen LogP contribution in [-0.2, 0) is 15.5 Å². The van der Waals surface area contributed by atoms with Gasteiger partial charge in [-0.15, -0.1) is 0 Å². The van der Waals surface area contributed by atoms with E-state index in [-0.39, 0.29) is 17.2 Å². The summed E-state index contributed by atoms with van der Waals surface area (Å²) in [4.78, 5) is 0. The highest BCUT2D eigenvalue weighted by Crippen LogP contribution is 2.21. The van der Waals surface area contributed by atoms with Gasteiger partial charge >= 0.3 is 0 Å². The van der Waals surface area contributed by atoms with E-state index in [4.69, 9.17) is 5.73 Å². The number of nitrogens with zero attached hydrogens (tertiary/aromatic N) is 1. The van der Waals surface area contributed by atoms with E-state index in [1.165, 1.54) is 6.07 Å². The summed E-state index contributed by atoms with van der Waals surface area (Å²) in [5, 5.41) is 0. The summed E-state index contributed by atoms with van der Waals surface area (Å²) in [5.74, 6) is 3.14. The van der Waals surface area contributed by atoms with Gasteiger partial charge in [-0.25, -0.2) is 8.60 Å². The molecule has 0 saturated heterocycles. The molecule has 1 aliphatic heterocycles. The van der Waals surface area contributed by atoms with E-state index in [9.17, 15) is 8.60 Å². The molecule has 0 bridgehead atoms. The Bertz CT molecular complexity index is 520. The van der Waals surface area contributed by atoms with Gasteiger partial charge in [-0.3, -0.25) is 0 Å². The quantitative estimate of drug-likeness (QED) is 0.643. The number of hydrogen-bond acceptors (Lipinski definition) is 2.